The van der Waals surface area contributed by atoms with E-state index < -0.39 is 5.97 Å². The van der Waals surface area contributed by atoms with Gasteiger partial charge in [0.2, 0.25) is 0 Å². The first-order valence-electron chi connectivity index (χ1n) is 6.84. The van der Waals surface area contributed by atoms with Gasteiger partial charge >= 0.3 is 5.97 Å². The van der Waals surface area contributed by atoms with E-state index in [-0.39, 0.29) is 5.56 Å². The number of aromatic nitrogens is 1. The lowest BCUT2D eigenvalue weighted by atomic mass is 10.1. The molecular formula is C17H13ClN2O2S. The van der Waals surface area contributed by atoms with Crippen molar-refractivity contribution in [2.75, 3.05) is 5.32 Å². The summed E-state index contributed by atoms with van der Waals surface area (Å²) in [6, 6.07) is 10.6. The summed E-state index contributed by atoms with van der Waals surface area (Å²) in [7, 11) is 0. The molecule has 0 fully saturated rings. The molecular weight excluding hydrogens is 332 g/mol. The number of hydrogen-bond acceptors (Lipinski definition) is 4. The number of fused-ring (bicyclic) bond motifs is 1. The van der Waals surface area contributed by atoms with E-state index in [9.17, 15) is 9.90 Å². The molecule has 0 saturated heterocycles. The Balaban J connectivity index is 2.17. The van der Waals surface area contributed by atoms with Gasteiger partial charge in [-0.25, -0.2) is 4.79 Å². The second-order valence-electron chi connectivity index (χ2n) is 5.16. The van der Waals surface area contributed by atoms with Gasteiger partial charge in [-0.2, -0.15) is 0 Å². The van der Waals surface area contributed by atoms with Gasteiger partial charge in [-0.3, -0.25) is 4.98 Å². The van der Waals surface area contributed by atoms with Crippen molar-refractivity contribution in [2.45, 2.75) is 11.8 Å². The average molecular weight is 345 g/mol. The minimum atomic E-state index is -0.992. The monoisotopic (exact) mass is 344 g/mol. The van der Waals surface area contributed by atoms with Crippen molar-refractivity contribution in [3.8, 4) is 0 Å². The zero-order valence-corrected chi connectivity index (χ0v) is 13.8. The predicted octanol–water partition coefficient (Wildman–Crippen LogP) is 4.93. The summed E-state index contributed by atoms with van der Waals surface area (Å²) < 4.78 is 0. The van der Waals surface area contributed by atoms with Gasteiger partial charge in [0.05, 0.1) is 22.5 Å². The summed E-state index contributed by atoms with van der Waals surface area (Å²) in [6.07, 6.45) is 1.62. The second-order valence-corrected chi connectivity index (χ2v) is 6.08. The normalized spacial score (nSPS) is 10.7. The lowest BCUT2D eigenvalue weighted by molar-refractivity contribution is 0.0698. The number of hydrogen-bond donors (Lipinski definition) is 3. The van der Waals surface area contributed by atoms with Gasteiger partial charge in [0, 0.05) is 21.5 Å². The highest BCUT2D eigenvalue weighted by Crippen LogP contribution is 2.33. The number of anilines is 2. The number of nitrogens with one attached hydrogen (secondary N) is 1. The van der Waals surface area contributed by atoms with E-state index in [1.54, 1.807) is 30.5 Å². The molecule has 3 rings (SSSR count). The molecule has 2 aromatic carbocycles. The Morgan fingerprint density at radius 2 is 2.04 bits per heavy atom. The number of pyridine rings is 1. The zero-order valence-electron chi connectivity index (χ0n) is 12.2. The third-order valence-corrected chi connectivity index (χ3v) is 4.05. The van der Waals surface area contributed by atoms with Gasteiger partial charge < -0.3 is 10.4 Å². The number of carboxylic acids is 1. The van der Waals surface area contributed by atoms with Crippen molar-refractivity contribution in [2.24, 2.45) is 0 Å². The number of thiol groups is 1. The molecule has 4 nitrogen and oxygen atoms in total. The van der Waals surface area contributed by atoms with E-state index in [1.165, 1.54) is 0 Å². The predicted molar refractivity (Wildman–Crippen MR) is 95.4 cm³/mol. The topological polar surface area (TPSA) is 62.2 Å². The number of nitrogens with zero attached hydrogens (tertiary/aromatic N) is 1. The third kappa shape index (κ3) is 3.11. The maximum absolute atomic E-state index is 11.5. The molecule has 0 aliphatic heterocycles. The van der Waals surface area contributed by atoms with Gasteiger partial charge in [-0.05, 0) is 37.3 Å². The first-order chi connectivity index (χ1) is 11.0. The summed E-state index contributed by atoms with van der Waals surface area (Å²) in [4.78, 5) is 16.4. The molecule has 0 aliphatic rings. The van der Waals surface area contributed by atoms with E-state index in [4.69, 9.17) is 11.6 Å². The van der Waals surface area contributed by atoms with Gasteiger partial charge in [-0.15, -0.1) is 12.6 Å². The van der Waals surface area contributed by atoms with Crippen LogP contribution in [0.2, 0.25) is 5.02 Å². The lowest BCUT2D eigenvalue weighted by Gasteiger charge is -2.14. The molecule has 1 aromatic heterocycles. The van der Waals surface area contributed by atoms with Crippen LogP contribution in [0.25, 0.3) is 10.9 Å². The maximum atomic E-state index is 11.5. The Morgan fingerprint density at radius 3 is 2.78 bits per heavy atom. The fourth-order valence-corrected chi connectivity index (χ4v) is 2.77. The quantitative estimate of drug-likeness (QED) is 0.590. The molecule has 0 spiro atoms. The number of aryl methyl sites for hydroxylation is 1. The number of benzene rings is 2. The molecule has 3 aromatic rings. The van der Waals surface area contributed by atoms with Crippen LogP contribution in [0.5, 0.6) is 0 Å². The van der Waals surface area contributed by atoms with E-state index in [0.29, 0.717) is 21.3 Å². The first-order valence-corrected chi connectivity index (χ1v) is 7.66. The van der Waals surface area contributed by atoms with Crippen LogP contribution in [0.15, 0.2) is 47.5 Å². The summed E-state index contributed by atoms with van der Waals surface area (Å²) in [5, 5.41) is 13.9. The molecule has 0 amide bonds. The summed E-state index contributed by atoms with van der Waals surface area (Å²) >= 11 is 10.5. The second kappa shape index (κ2) is 6.10. The number of carboxylic acid groups (broad SMARTS) is 1. The minimum Gasteiger partial charge on any atom is -0.478 e. The maximum Gasteiger partial charge on any atom is 0.337 e. The minimum absolute atomic E-state index is 0.199. The van der Waals surface area contributed by atoms with Crippen LogP contribution in [-0.2, 0) is 0 Å². The van der Waals surface area contributed by atoms with Crippen LogP contribution >= 0.6 is 24.2 Å². The molecule has 116 valence electrons. The smallest absolute Gasteiger partial charge is 0.337 e. The molecule has 0 bridgehead atoms. The van der Waals surface area contributed by atoms with Gasteiger partial charge in [0.25, 0.3) is 0 Å². The van der Waals surface area contributed by atoms with Crippen molar-refractivity contribution < 1.29 is 9.90 Å². The number of carbonyl (C=O) groups is 1. The highest BCUT2D eigenvalue weighted by molar-refractivity contribution is 7.80. The van der Waals surface area contributed by atoms with Crippen LogP contribution in [0, 0.1) is 6.92 Å². The SMILES string of the molecule is Cc1ccc(Nc2c(S)cnc3ccc(Cl)cc23)c(C(=O)O)c1. The number of halogens is 1. The van der Waals surface area contributed by atoms with Crippen LogP contribution in [0.1, 0.15) is 15.9 Å². The molecule has 0 atom stereocenters. The van der Waals surface area contributed by atoms with Gasteiger partial charge in [-0.1, -0.05) is 23.2 Å². The zero-order chi connectivity index (χ0) is 16.6. The lowest BCUT2D eigenvalue weighted by Crippen LogP contribution is -2.04. The molecule has 2 N–H and O–H groups in total. The summed E-state index contributed by atoms with van der Waals surface area (Å²) in [6.45, 7) is 1.85. The largest absolute Gasteiger partial charge is 0.478 e. The van der Waals surface area contributed by atoms with Gasteiger partial charge in [0.1, 0.15) is 0 Å². The molecule has 0 aliphatic carbocycles. The Hall–Kier alpha value is -2.24. The van der Waals surface area contributed by atoms with E-state index in [1.807, 2.05) is 19.1 Å². The standard InChI is InChI=1S/C17H13ClN2O2S/c1-9-2-4-14(12(6-9)17(21)22)20-16-11-7-10(18)3-5-13(11)19-8-15(16)23/h2-8,23H,1H3,(H,19,20)(H,21,22). The molecule has 6 heteroatoms. The van der Waals surface area contributed by atoms with Crippen molar-refractivity contribution >= 4 is 52.5 Å². The Labute approximate surface area is 143 Å². The van der Waals surface area contributed by atoms with Crippen LogP contribution in [-0.4, -0.2) is 16.1 Å². The fourth-order valence-electron chi connectivity index (χ4n) is 2.36. The molecule has 23 heavy (non-hydrogen) atoms. The highest BCUT2D eigenvalue weighted by atomic mass is 35.5. The van der Waals surface area contributed by atoms with Crippen molar-refractivity contribution in [1.82, 2.24) is 4.98 Å². The Morgan fingerprint density at radius 1 is 1.26 bits per heavy atom. The fraction of sp³-hybridized carbons (Fsp3) is 0.0588. The third-order valence-electron chi connectivity index (χ3n) is 3.48. The summed E-state index contributed by atoms with van der Waals surface area (Å²) in [5.74, 6) is -0.992. The first kappa shape index (κ1) is 15.6. The van der Waals surface area contributed by atoms with E-state index in [2.05, 4.69) is 22.9 Å². The van der Waals surface area contributed by atoms with Crippen molar-refractivity contribution in [3.63, 3.8) is 0 Å². The number of rotatable bonds is 3. The highest BCUT2D eigenvalue weighted by Gasteiger charge is 2.14. The van der Waals surface area contributed by atoms with Gasteiger partial charge in [0.15, 0.2) is 0 Å². The summed E-state index contributed by atoms with van der Waals surface area (Å²) in [5.41, 5.74) is 2.99. The molecule has 0 saturated carbocycles. The van der Waals surface area contributed by atoms with Crippen LogP contribution < -0.4 is 5.32 Å². The molecule has 0 radical (unpaired) electrons. The molecule has 1 heterocycles. The van der Waals surface area contributed by atoms with Crippen LogP contribution in [0.3, 0.4) is 0 Å². The average Bonchev–Trinajstić information content (AvgIpc) is 2.51. The van der Waals surface area contributed by atoms with Crippen molar-refractivity contribution in [3.05, 3.63) is 58.7 Å². The van der Waals surface area contributed by atoms with E-state index in [0.717, 1.165) is 16.5 Å². The number of aromatic carboxylic acids is 1. The van der Waals surface area contributed by atoms with E-state index >= 15 is 0 Å². The Kier molecular flexibility index (Phi) is 4.15. The molecule has 0 unspecified atom stereocenters. The Bertz CT molecular complexity index is 923. The van der Waals surface area contributed by atoms with Crippen LogP contribution in [0.4, 0.5) is 11.4 Å². The van der Waals surface area contributed by atoms with Crippen molar-refractivity contribution in [1.29, 1.82) is 0 Å².